The molecule has 2 heteroatoms. The van der Waals surface area contributed by atoms with Gasteiger partial charge >= 0.3 is 0 Å². The van der Waals surface area contributed by atoms with Crippen molar-refractivity contribution in [2.24, 2.45) is 10.9 Å². The molecule has 0 aromatic carbocycles. The van der Waals surface area contributed by atoms with Crippen molar-refractivity contribution in [2.45, 2.75) is 20.8 Å². The zero-order valence-corrected chi connectivity index (χ0v) is 7.02. The first-order valence-electron chi connectivity index (χ1n) is 3.62. The molecule has 0 aliphatic carbocycles. The highest BCUT2D eigenvalue weighted by molar-refractivity contribution is 5.26. The lowest BCUT2D eigenvalue weighted by Crippen LogP contribution is -2.16. The van der Waals surface area contributed by atoms with Gasteiger partial charge in [-0.15, -0.1) is 0 Å². The van der Waals surface area contributed by atoms with Gasteiger partial charge in [0.1, 0.15) is 0 Å². The van der Waals surface area contributed by atoms with Crippen molar-refractivity contribution in [1.82, 2.24) is 5.32 Å². The molecular weight excluding hydrogens is 124 g/mol. The Morgan fingerprint density at radius 1 is 1.70 bits per heavy atom. The fourth-order valence-electron chi connectivity index (χ4n) is 0.701. The third-order valence-corrected chi connectivity index (χ3v) is 1.23. The first kappa shape index (κ1) is 9.21. The Morgan fingerprint density at radius 2 is 2.30 bits per heavy atom. The summed E-state index contributed by atoms with van der Waals surface area (Å²) in [7, 11) is 0. The van der Waals surface area contributed by atoms with E-state index in [1.54, 1.807) is 6.20 Å². The molecule has 1 N–H and O–H groups in total. The summed E-state index contributed by atoms with van der Waals surface area (Å²) in [5.74, 6) is 0.505. The van der Waals surface area contributed by atoms with Crippen LogP contribution >= 0.6 is 0 Å². The minimum atomic E-state index is 0.505. The van der Waals surface area contributed by atoms with Gasteiger partial charge in [-0.2, -0.15) is 0 Å². The summed E-state index contributed by atoms with van der Waals surface area (Å²) in [6.45, 7) is 10.7. The standard InChI is InChI=1S/C8H16N2/c1-5-10-8(6-9-4)7(2)3/h6-7,10H,4-5H2,1-3H3/b8-6-. The van der Waals surface area contributed by atoms with Gasteiger partial charge < -0.3 is 5.32 Å². The lowest BCUT2D eigenvalue weighted by atomic mass is 10.1. The van der Waals surface area contributed by atoms with E-state index in [0.29, 0.717) is 5.92 Å². The third-order valence-electron chi connectivity index (χ3n) is 1.23. The molecular formula is C8H16N2. The molecule has 0 aromatic rings. The van der Waals surface area contributed by atoms with E-state index < -0.39 is 0 Å². The maximum Gasteiger partial charge on any atom is 0.0452 e. The summed E-state index contributed by atoms with van der Waals surface area (Å²) in [5, 5.41) is 3.21. The zero-order valence-electron chi connectivity index (χ0n) is 7.02. The largest absolute Gasteiger partial charge is 0.387 e. The highest BCUT2D eigenvalue weighted by Gasteiger charge is 1.98. The molecule has 0 heterocycles. The second kappa shape index (κ2) is 5.03. The second-order valence-electron chi connectivity index (χ2n) is 2.45. The first-order chi connectivity index (χ1) is 4.72. The van der Waals surface area contributed by atoms with Gasteiger partial charge in [-0.1, -0.05) is 13.8 Å². The number of hydrogen-bond acceptors (Lipinski definition) is 2. The van der Waals surface area contributed by atoms with Crippen LogP contribution in [0, 0.1) is 5.92 Å². The van der Waals surface area contributed by atoms with E-state index in [1.807, 2.05) is 0 Å². The van der Waals surface area contributed by atoms with E-state index in [-0.39, 0.29) is 0 Å². The summed E-state index contributed by atoms with van der Waals surface area (Å²) >= 11 is 0. The minimum Gasteiger partial charge on any atom is -0.387 e. The lowest BCUT2D eigenvalue weighted by molar-refractivity contribution is 0.665. The maximum atomic E-state index is 3.70. The molecule has 10 heavy (non-hydrogen) atoms. The molecule has 0 rings (SSSR count). The van der Waals surface area contributed by atoms with E-state index in [4.69, 9.17) is 0 Å². The summed E-state index contributed by atoms with van der Waals surface area (Å²) < 4.78 is 0. The Hall–Kier alpha value is -0.790. The molecule has 0 atom stereocenters. The molecule has 0 aromatic heterocycles. The third kappa shape index (κ3) is 3.28. The van der Waals surface area contributed by atoms with Crippen molar-refractivity contribution in [1.29, 1.82) is 0 Å². The Labute approximate surface area is 63.0 Å². The summed E-state index contributed by atoms with van der Waals surface area (Å²) in [4.78, 5) is 3.70. The van der Waals surface area contributed by atoms with Crippen molar-refractivity contribution in [3.8, 4) is 0 Å². The van der Waals surface area contributed by atoms with Gasteiger partial charge in [-0.05, 0) is 19.6 Å². The van der Waals surface area contributed by atoms with Crippen LogP contribution in [-0.4, -0.2) is 13.3 Å². The van der Waals surface area contributed by atoms with Crippen molar-refractivity contribution in [3.05, 3.63) is 11.9 Å². The molecule has 0 radical (unpaired) electrons. The fraction of sp³-hybridized carbons (Fsp3) is 0.625. The predicted molar refractivity (Wildman–Crippen MR) is 46.1 cm³/mol. The van der Waals surface area contributed by atoms with Crippen LogP contribution in [0.1, 0.15) is 20.8 Å². The normalized spacial score (nSPS) is 11.8. The maximum absolute atomic E-state index is 3.70. The summed E-state index contributed by atoms with van der Waals surface area (Å²) in [6, 6.07) is 0. The predicted octanol–water partition coefficient (Wildman–Crippen LogP) is 1.79. The molecule has 0 unspecified atom stereocenters. The lowest BCUT2D eigenvalue weighted by Gasteiger charge is -2.10. The number of hydrogen-bond donors (Lipinski definition) is 1. The SMILES string of the molecule is C=N/C=C(\NCC)C(C)C. The molecule has 0 fully saturated rings. The summed E-state index contributed by atoms with van der Waals surface area (Å²) in [6.07, 6.45) is 1.77. The van der Waals surface area contributed by atoms with Crippen LogP contribution in [0.4, 0.5) is 0 Å². The highest BCUT2D eigenvalue weighted by atomic mass is 14.9. The number of rotatable bonds is 4. The van der Waals surface area contributed by atoms with Gasteiger partial charge in [-0.3, -0.25) is 4.99 Å². The molecule has 0 aliphatic heterocycles. The smallest absolute Gasteiger partial charge is 0.0452 e. The molecule has 2 nitrogen and oxygen atoms in total. The van der Waals surface area contributed by atoms with E-state index in [1.165, 1.54) is 0 Å². The van der Waals surface area contributed by atoms with Gasteiger partial charge in [0, 0.05) is 18.4 Å². The summed E-state index contributed by atoms with van der Waals surface area (Å²) in [5.41, 5.74) is 1.15. The van der Waals surface area contributed by atoms with Crippen LogP contribution in [0.3, 0.4) is 0 Å². The number of allylic oxidation sites excluding steroid dienone is 1. The number of nitrogens with zero attached hydrogens (tertiary/aromatic N) is 1. The molecule has 0 spiro atoms. The Bertz CT molecular complexity index is 125. The Balaban J connectivity index is 3.97. The van der Waals surface area contributed by atoms with Crippen molar-refractivity contribution >= 4 is 6.72 Å². The van der Waals surface area contributed by atoms with Crippen molar-refractivity contribution in [2.75, 3.05) is 6.54 Å². The molecule has 0 aliphatic rings. The van der Waals surface area contributed by atoms with Gasteiger partial charge in [0.2, 0.25) is 0 Å². The first-order valence-corrected chi connectivity index (χ1v) is 3.62. The van der Waals surface area contributed by atoms with Crippen LogP contribution in [0.15, 0.2) is 16.9 Å². The van der Waals surface area contributed by atoms with E-state index in [9.17, 15) is 0 Å². The molecule has 0 saturated carbocycles. The Morgan fingerprint density at radius 3 is 2.60 bits per heavy atom. The number of aliphatic imine (C=N–C) groups is 1. The van der Waals surface area contributed by atoms with Crippen LogP contribution in [0.2, 0.25) is 0 Å². The topological polar surface area (TPSA) is 24.4 Å². The van der Waals surface area contributed by atoms with Crippen molar-refractivity contribution < 1.29 is 0 Å². The zero-order chi connectivity index (χ0) is 7.98. The highest BCUT2D eigenvalue weighted by Crippen LogP contribution is 2.04. The number of nitrogens with one attached hydrogen (secondary N) is 1. The van der Waals surface area contributed by atoms with Gasteiger partial charge in [0.25, 0.3) is 0 Å². The van der Waals surface area contributed by atoms with Crippen molar-refractivity contribution in [3.63, 3.8) is 0 Å². The quantitative estimate of drug-likeness (QED) is 0.591. The average molecular weight is 140 g/mol. The van der Waals surface area contributed by atoms with Gasteiger partial charge in [0.15, 0.2) is 0 Å². The van der Waals surface area contributed by atoms with E-state index >= 15 is 0 Å². The Kier molecular flexibility index (Phi) is 4.63. The van der Waals surface area contributed by atoms with Crippen LogP contribution in [0.25, 0.3) is 0 Å². The van der Waals surface area contributed by atoms with Gasteiger partial charge in [0.05, 0.1) is 0 Å². The van der Waals surface area contributed by atoms with Crippen LogP contribution in [-0.2, 0) is 0 Å². The molecule has 58 valence electrons. The fourth-order valence-corrected chi connectivity index (χ4v) is 0.701. The molecule has 0 bridgehead atoms. The second-order valence-corrected chi connectivity index (χ2v) is 2.45. The average Bonchev–Trinajstić information content (AvgIpc) is 1.87. The minimum absolute atomic E-state index is 0.505. The van der Waals surface area contributed by atoms with Crippen LogP contribution in [0.5, 0.6) is 0 Å². The van der Waals surface area contributed by atoms with Crippen LogP contribution < -0.4 is 5.32 Å². The molecule has 0 amide bonds. The molecule has 0 saturated heterocycles. The monoisotopic (exact) mass is 140 g/mol. The van der Waals surface area contributed by atoms with Gasteiger partial charge in [-0.25, -0.2) is 0 Å². The van der Waals surface area contributed by atoms with E-state index in [2.05, 4.69) is 37.8 Å². The van der Waals surface area contributed by atoms with E-state index in [0.717, 1.165) is 12.2 Å².